The van der Waals surface area contributed by atoms with Gasteiger partial charge in [-0.3, -0.25) is 0 Å². The first-order chi connectivity index (χ1) is 10.0. The Hall–Kier alpha value is -0.980. The molecule has 0 spiro atoms. The number of hydrogen-bond donors (Lipinski definition) is 2. The Morgan fingerprint density at radius 1 is 1.14 bits per heavy atom. The van der Waals surface area contributed by atoms with Crippen LogP contribution in [-0.2, 0) is 16.6 Å². The Balaban J connectivity index is 2.19. The van der Waals surface area contributed by atoms with Crippen molar-refractivity contribution < 1.29 is 17.9 Å². The van der Waals surface area contributed by atoms with Gasteiger partial charge in [0.25, 0.3) is 0 Å². The average Bonchev–Trinajstić information content (AvgIpc) is 2.41. The standard InChI is InChI=1S/C15H22FNO3S/c16-13-9-8-12(11-18)15(10-13)21(19,20)17-14-6-4-2-1-3-5-7-14/h8-10,14,17-18H,1-7,11H2. The van der Waals surface area contributed by atoms with E-state index in [1.807, 2.05) is 0 Å². The van der Waals surface area contributed by atoms with Gasteiger partial charge in [0.15, 0.2) is 0 Å². The summed E-state index contributed by atoms with van der Waals surface area (Å²) in [4.78, 5) is -0.160. The number of aliphatic hydroxyl groups excluding tert-OH is 1. The molecule has 1 aromatic carbocycles. The SMILES string of the molecule is O=S(=O)(NC1CCCCCCC1)c1cc(F)ccc1CO. The lowest BCUT2D eigenvalue weighted by Crippen LogP contribution is -2.35. The van der Waals surface area contributed by atoms with E-state index in [0.29, 0.717) is 0 Å². The molecule has 0 bridgehead atoms. The van der Waals surface area contributed by atoms with Crippen LogP contribution in [0.1, 0.15) is 50.5 Å². The second kappa shape index (κ2) is 7.33. The topological polar surface area (TPSA) is 66.4 Å². The molecular formula is C15H22FNO3S. The van der Waals surface area contributed by atoms with Crippen molar-refractivity contribution in [1.82, 2.24) is 4.72 Å². The second-order valence-corrected chi connectivity index (χ2v) is 7.26. The number of benzene rings is 1. The van der Waals surface area contributed by atoms with Crippen molar-refractivity contribution in [2.75, 3.05) is 0 Å². The summed E-state index contributed by atoms with van der Waals surface area (Å²) in [6.45, 7) is -0.429. The van der Waals surface area contributed by atoms with Crippen molar-refractivity contribution in [3.05, 3.63) is 29.6 Å². The van der Waals surface area contributed by atoms with Gasteiger partial charge in [0, 0.05) is 6.04 Å². The first-order valence-electron chi connectivity index (χ1n) is 7.44. The molecule has 1 aliphatic carbocycles. The third-order valence-corrected chi connectivity index (χ3v) is 5.52. The summed E-state index contributed by atoms with van der Waals surface area (Å²) in [6.07, 6.45) is 7.08. The highest BCUT2D eigenvalue weighted by molar-refractivity contribution is 7.89. The van der Waals surface area contributed by atoms with Gasteiger partial charge < -0.3 is 5.11 Å². The number of aliphatic hydroxyl groups is 1. The first kappa shape index (κ1) is 16.4. The molecule has 4 nitrogen and oxygen atoms in total. The molecule has 6 heteroatoms. The predicted molar refractivity (Wildman–Crippen MR) is 78.8 cm³/mol. The Bertz CT molecular complexity index is 566. The van der Waals surface area contributed by atoms with Crippen LogP contribution in [-0.4, -0.2) is 19.6 Å². The maximum Gasteiger partial charge on any atom is 0.241 e. The minimum Gasteiger partial charge on any atom is -0.392 e. The largest absolute Gasteiger partial charge is 0.392 e. The fraction of sp³-hybridized carbons (Fsp3) is 0.600. The number of sulfonamides is 1. The molecule has 1 fully saturated rings. The lowest BCUT2D eigenvalue weighted by molar-refractivity contribution is 0.278. The van der Waals surface area contributed by atoms with E-state index in [4.69, 9.17) is 0 Å². The summed E-state index contributed by atoms with van der Waals surface area (Å²) in [7, 11) is -3.80. The molecule has 1 aliphatic rings. The minimum atomic E-state index is -3.80. The van der Waals surface area contributed by atoms with Gasteiger partial charge in [-0.25, -0.2) is 17.5 Å². The van der Waals surface area contributed by atoms with Crippen molar-refractivity contribution in [2.24, 2.45) is 0 Å². The molecule has 1 aromatic rings. The Labute approximate surface area is 125 Å². The van der Waals surface area contributed by atoms with Gasteiger partial charge in [-0.15, -0.1) is 0 Å². The van der Waals surface area contributed by atoms with Crippen molar-refractivity contribution in [3.63, 3.8) is 0 Å². The molecule has 118 valence electrons. The van der Waals surface area contributed by atoms with Gasteiger partial charge in [-0.1, -0.05) is 38.2 Å². The molecule has 0 aromatic heterocycles. The fourth-order valence-corrected chi connectivity index (χ4v) is 4.31. The molecular weight excluding hydrogens is 293 g/mol. The molecule has 0 radical (unpaired) electrons. The molecule has 2 rings (SSSR count). The molecule has 1 saturated carbocycles. The Kier molecular flexibility index (Phi) is 5.72. The van der Waals surface area contributed by atoms with Crippen molar-refractivity contribution in [2.45, 2.75) is 62.5 Å². The van der Waals surface area contributed by atoms with Crippen molar-refractivity contribution in [1.29, 1.82) is 0 Å². The molecule has 0 unspecified atom stereocenters. The van der Waals surface area contributed by atoms with Crippen molar-refractivity contribution >= 4 is 10.0 Å². The Morgan fingerprint density at radius 2 is 1.76 bits per heavy atom. The van der Waals surface area contributed by atoms with E-state index >= 15 is 0 Å². The smallest absolute Gasteiger partial charge is 0.241 e. The summed E-state index contributed by atoms with van der Waals surface area (Å²) in [6, 6.07) is 3.32. The van der Waals surface area contributed by atoms with Gasteiger partial charge in [-0.05, 0) is 30.5 Å². The van der Waals surface area contributed by atoms with Gasteiger partial charge in [0.05, 0.1) is 11.5 Å². The maximum atomic E-state index is 13.3. The molecule has 0 saturated heterocycles. The fourth-order valence-electron chi connectivity index (χ4n) is 2.77. The molecule has 0 atom stereocenters. The predicted octanol–water partition coefficient (Wildman–Crippen LogP) is 2.71. The lowest BCUT2D eigenvalue weighted by Gasteiger charge is -2.21. The number of hydrogen-bond acceptors (Lipinski definition) is 3. The number of nitrogens with one attached hydrogen (secondary N) is 1. The van der Waals surface area contributed by atoms with Crippen LogP contribution >= 0.6 is 0 Å². The van der Waals surface area contributed by atoms with E-state index in [0.717, 1.165) is 50.7 Å². The highest BCUT2D eigenvalue weighted by atomic mass is 32.2. The van der Waals surface area contributed by atoms with Gasteiger partial charge >= 0.3 is 0 Å². The van der Waals surface area contributed by atoms with Gasteiger partial charge in [0.1, 0.15) is 5.82 Å². The third-order valence-electron chi connectivity index (χ3n) is 3.92. The van der Waals surface area contributed by atoms with Crippen LogP contribution in [0.3, 0.4) is 0 Å². The molecule has 0 aliphatic heterocycles. The highest BCUT2D eigenvalue weighted by Crippen LogP contribution is 2.21. The number of halogens is 1. The van der Waals surface area contributed by atoms with E-state index in [2.05, 4.69) is 4.72 Å². The summed E-state index contributed by atoms with van der Waals surface area (Å²) in [5.74, 6) is -0.620. The van der Waals surface area contributed by atoms with E-state index in [1.165, 1.54) is 12.5 Å². The highest BCUT2D eigenvalue weighted by Gasteiger charge is 2.23. The molecule has 2 N–H and O–H groups in total. The lowest BCUT2D eigenvalue weighted by atomic mass is 9.97. The number of rotatable bonds is 4. The van der Waals surface area contributed by atoms with E-state index in [1.54, 1.807) is 0 Å². The maximum absolute atomic E-state index is 13.3. The van der Waals surface area contributed by atoms with E-state index in [9.17, 15) is 17.9 Å². The Morgan fingerprint density at radius 3 is 2.38 bits per heavy atom. The average molecular weight is 315 g/mol. The normalized spacial score (nSPS) is 18.2. The van der Waals surface area contributed by atoms with E-state index in [-0.39, 0.29) is 16.5 Å². The van der Waals surface area contributed by atoms with Gasteiger partial charge in [0.2, 0.25) is 10.0 Å². The summed E-state index contributed by atoms with van der Waals surface area (Å²) >= 11 is 0. The van der Waals surface area contributed by atoms with Crippen LogP contribution in [0.25, 0.3) is 0 Å². The van der Waals surface area contributed by atoms with Crippen LogP contribution < -0.4 is 4.72 Å². The zero-order chi connectivity index (χ0) is 15.3. The van der Waals surface area contributed by atoms with Crippen LogP contribution in [0.5, 0.6) is 0 Å². The molecule has 0 amide bonds. The second-order valence-electron chi connectivity index (χ2n) is 5.57. The van der Waals surface area contributed by atoms with Crippen LogP contribution in [0.15, 0.2) is 23.1 Å². The zero-order valence-electron chi connectivity index (χ0n) is 12.0. The van der Waals surface area contributed by atoms with Crippen LogP contribution in [0.4, 0.5) is 4.39 Å². The van der Waals surface area contributed by atoms with Crippen LogP contribution in [0.2, 0.25) is 0 Å². The third kappa shape index (κ3) is 4.49. The minimum absolute atomic E-state index is 0.106. The molecule has 0 heterocycles. The zero-order valence-corrected chi connectivity index (χ0v) is 12.8. The van der Waals surface area contributed by atoms with Crippen LogP contribution in [0, 0.1) is 5.82 Å². The molecule has 21 heavy (non-hydrogen) atoms. The van der Waals surface area contributed by atoms with Crippen molar-refractivity contribution in [3.8, 4) is 0 Å². The summed E-state index contributed by atoms with van der Waals surface area (Å²) in [5, 5.41) is 9.25. The monoisotopic (exact) mass is 315 g/mol. The van der Waals surface area contributed by atoms with E-state index < -0.39 is 22.4 Å². The van der Waals surface area contributed by atoms with Gasteiger partial charge in [-0.2, -0.15) is 0 Å². The summed E-state index contributed by atoms with van der Waals surface area (Å²) < 4.78 is 40.9. The first-order valence-corrected chi connectivity index (χ1v) is 8.93. The summed E-state index contributed by atoms with van der Waals surface area (Å²) in [5.41, 5.74) is 0.217. The quantitative estimate of drug-likeness (QED) is 0.898.